The Morgan fingerprint density at radius 2 is 2.00 bits per heavy atom. The van der Waals surface area contributed by atoms with Gasteiger partial charge in [-0.15, -0.1) is 0 Å². The lowest BCUT2D eigenvalue weighted by Gasteiger charge is -2.34. The summed E-state index contributed by atoms with van der Waals surface area (Å²) in [4.78, 5) is 23.3. The highest BCUT2D eigenvalue weighted by atomic mass is 16.1. The predicted octanol–water partition coefficient (Wildman–Crippen LogP) is 1.12. The first-order valence-corrected chi connectivity index (χ1v) is 8.83. The topological polar surface area (TPSA) is 70.2 Å². The summed E-state index contributed by atoms with van der Waals surface area (Å²) in [6, 6.07) is 2.38. The fourth-order valence-electron chi connectivity index (χ4n) is 3.41. The number of aromatic nitrogens is 2. The number of carbonyl (C=O) groups excluding carboxylic acids is 1. The molecular formula is C17H27N5O. The van der Waals surface area contributed by atoms with E-state index in [9.17, 15) is 4.79 Å². The molecule has 1 amide bonds. The first kappa shape index (κ1) is 16.2. The number of nitrogens with one attached hydrogen (secondary N) is 2. The van der Waals surface area contributed by atoms with Gasteiger partial charge in [0.2, 0.25) is 5.91 Å². The highest BCUT2D eigenvalue weighted by Crippen LogP contribution is 2.19. The summed E-state index contributed by atoms with van der Waals surface area (Å²) in [7, 11) is 0. The molecule has 0 saturated carbocycles. The molecule has 1 aromatic heterocycles. The Morgan fingerprint density at radius 1 is 1.26 bits per heavy atom. The molecule has 0 radical (unpaired) electrons. The number of piperidine rings is 2. The van der Waals surface area contributed by atoms with Gasteiger partial charge in [0, 0.05) is 36.8 Å². The van der Waals surface area contributed by atoms with E-state index in [1.807, 2.05) is 0 Å². The van der Waals surface area contributed by atoms with Crippen molar-refractivity contribution in [3.63, 3.8) is 0 Å². The second-order valence-electron chi connectivity index (χ2n) is 6.52. The van der Waals surface area contributed by atoms with Gasteiger partial charge in [-0.25, -0.2) is 9.97 Å². The lowest BCUT2D eigenvalue weighted by molar-refractivity contribution is -0.126. The standard InChI is InChI=1S/C17H27N5O/c1-2-14-11-16(20-12-19-14)22-9-5-15(6-10-22)21-17(23)13-3-7-18-8-4-13/h11-13,15,18H,2-10H2,1H3,(H,21,23). The molecule has 2 N–H and O–H groups in total. The Balaban J connectivity index is 1.49. The van der Waals surface area contributed by atoms with Crippen molar-refractivity contribution in [1.82, 2.24) is 20.6 Å². The van der Waals surface area contributed by atoms with Crippen molar-refractivity contribution in [2.45, 2.75) is 45.1 Å². The number of amides is 1. The first-order valence-electron chi connectivity index (χ1n) is 8.83. The van der Waals surface area contributed by atoms with Crippen molar-refractivity contribution in [3.05, 3.63) is 18.1 Å². The molecule has 126 valence electrons. The minimum atomic E-state index is 0.197. The Hall–Kier alpha value is -1.69. The van der Waals surface area contributed by atoms with E-state index < -0.39 is 0 Å². The normalized spacial score (nSPS) is 20.5. The van der Waals surface area contributed by atoms with E-state index in [1.54, 1.807) is 6.33 Å². The molecule has 2 saturated heterocycles. The van der Waals surface area contributed by atoms with Crippen molar-refractivity contribution in [1.29, 1.82) is 0 Å². The van der Waals surface area contributed by atoms with E-state index >= 15 is 0 Å². The van der Waals surface area contributed by atoms with E-state index in [1.165, 1.54) is 0 Å². The zero-order valence-electron chi connectivity index (χ0n) is 13.9. The van der Waals surface area contributed by atoms with E-state index in [2.05, 4.69) is 38.5 Å². The molecule has 0 aromatic carbocycles. The number of carbonyl (C=O) groups is 1. The number of rotatable bonds is 4. The van der Waals surface area contributed by atoms with Crippen molar-refractivity contribution < 1.29 is 4.79 Å². The average Bonchev–Trinajstić information content (AvgIpc) is 2.63. The van der Waals surface area contributed by atoms with Crippen LogP contribution in [-0.2, 0) is 11.2 Å². The highest BCUT2D eigenvalue weighted by Gasteiger charge is 2.26. The maximum Gasteiger partial charge on any atom is 0.223 e. The minimum absolute atomic E-state index is 0.197. The Kier molecular flexibility index (Phi) is 5.43. The summed E-state index contributed by atoms with van der Waals surface area (Å²) in [5.41, 5.74) is 1.08. The molecule has 6 heteroatoms. The summed E-state index contributed by atoms with van der Waals surface area (Å²) >= 11 is 0. The van der Waals surface area contributed by atoms with Gasteiger partial charge in [0.25, 0.3) is 0 Å². The van der Waals surface area contributed by atoms with Crippen molar-refractivity contribution in [2.75, 3.05) is 31.1 Å². The van der Waals surface area contributed by atoms with Crippen LogP contribution < -0.4 is 15.5 Å². The quantitative estimate of drug-likeness (QED) is 0.871. The maximum atomic E-state index is 12.3. The third-order valence-corrected chi connectivity index (χ3v) is 4.95. The average molecular weight is 317 g/mol. The van der Waals surface area contributed by atoms with Gasteiger partial charge >= 0.3 is 0 Å². The summed E-state index contributed by atoms with van der Waals surface area (Å²) in [6.45, 7) is 5.91. The molecule has 2 aliphatic heterocycles. The van der Waals surface area contributed by atoms with Gasteiger partial charge in [-0.2, -0.15) is 0 Å². The molecular weight excluding hydrogens is 290 g/mol. The van der Waals surface area contributed by atoms with Crippen molar-refractivity contribution >= 4 is 11.7 Å². The monoisotopic (exact) mass is 317 g/mol. The summed E-state index contributed by atoms with van der Waals surface area (Å²) in [6.07, 6.45) is 6.48. The molecule has 0 spiro atoms. The van der Waals surface area contributed by atoms with Gasteiger partial charge in [-0.3, -0.25) is 4.79 Å². The molecule has 3 rings (SSSR count). The van der Waals surface area contributed by atoms with Crippen LogP contribution in [0.25, 0.3) is 0 Å². The third-order valence-electron chi connectivity index (χ3n) is 4.95. The van der Waals surface area contributed by atoms with E-state index in [0.717, 1.165) is 69.8 Å². The van der Waals surface area contributed by atoms with E-state index in [0.29, 0.717) is 6.04 Å². The van der Waals surface area contributed by atoms with Gasteiger partial charge in [-0.05, 0) is 45.2 Å². The number of anilines is 1. The molecule has 6 nitrogen and oxygen atoms in total. The summed E-state index contributed by atoms with van der Waals surface area (Å²) < 4.78 is 0. The fraction of sp³-hybridized carbons (Fsp3) is 0.706. The maximum absolute atomic E-state index is 12.3. The Morgan fingerprint density at radius 3 is 2.70 bits per heavy atom. The molecule has 23 heavy (non-hydrogen) atoms. The molecule has 0 aliphatic carbocycles. The Labute approximate surface area is 138 Å². The lowest BCUT2D eigenvalue weighted by Crippen LogP contribution is -2.48. The highest BCUT2D eigenvalue weighted by molar-refractivity contribution is 5.79. The van der Waals surface area contributed by atoms with Crippen LogP contribution in [0.1, 0.15) is 38.3 Å². The van der Waals surface area contributed by atoms with Gasteiger partial charge in [0.05, 0.1) is 0 Å². The van der Waals surface area contributed by atoms with Crippen LogP contribution >= 0.6 is 0 Å². The molecule has 0 bridgehead atoms. The van der Waals surface area contributed by atoms with Crippen LogP contribution in [0, 0.1) is 5.92 Å². The molecule has 0 unspecified atom stereocenters. The smallest absolute Gasteiger partial charge is 0.223 e. The fourth-order valence-corrected chi connectivity index (χ4v) is 3.41. The number of hydrogen-bond donors (Lipinski definition) is 2. The first-order chi connectivity index (χ1) is 11.3. The number of aryl methyl sites for hydroxylation is 1. The van der Waals surface area contributed by atoms with Crippen LogP contribution in [0.15, 0.2) is 12.4 Å². The zero-order valence-corrected chi connectivity index (χ0v) is 13.9. The number of hydrogen-bond acceptors (Lipinski definition) is 5. The van der Waals surface area contributed by atoms with Gasteiger partial charge in [0.15, 0.2) is 0 Å². The molecule has 2 fully saturated rings. The largest absolute Gasteiger partial charge is 0.356 e. The second-order valence-corrected chi connectivity index (χ2v) is 6.52. The van der Waals surface area contributed by atoms with Crippen molar-refractivity contribution in [3.8, 4) is 0 Å². The molecule has 2 aliphatic rings. The van der Waals surface area contributed by atoms with Crippen LogP contribution in [0.2, 0.25) is 0 Å². The lowest BCUT2D eigenvalue weighted by atomic mass is 9.96. The van der Waals surface area contributed by atoms with Crippen LogP contribution in [-0.4, -0.2) is 48.1 Å². The van der Waals surface area contributed by atoms with Crippen LogP contribution in [0.5, 0.6) is 0 Å². The summed E-state index contributed by atoms with van der Waals surface area (Å²) in [5, 5.41) is 6.56. The molecule has 1 aromatic rings. The van der Waals surface area contributed by atoms with Gasteiger partial charge in [-0.1, -0.05) is 6.92 Å². The number of nitrogens with zero attached hydrogens (tertiary/aromatic N) is 3. The van der Waals surface area contributed by atoms with E-state index in [-0.39, 0.29) is 11.8 Å². The molecule has 3 heterocycles. The summed E-state index contributed by atoms with van der Waals surface area (Å²) in [5.74, 6) is 1.46. The minimum Gasteiger partial charge on any atom is -0.356 e. The van der Waals surface area contributed by atoms with Crippen LogP contribution in [0.4, 0.5) is 5.82 Å². The van der Waals surface area contributed by atoms with E-state index in [4.69, 9.17) is 0 Å². The SMILES string of the molecule is CCc1cc(N2CCC(NC(=O)C3CCNCC3)CC2)ncn1. The predicted molar refractivity (Wildman–Crippen MR) is 90.4 cm³/mol. The van der Waals surface area contributed by atoms with Crippen LogP contribution in [0.3, 0.4) is 0 Å². The van der Waals surface area contributed by atoms with Gasteiger partial charge < -0.3 is 15.5 Å². The van der Waals surface area contributed by atoms with Crippen molar-refractivity contribution in [2.24, 2.45) is 5.92 Å². The Bertz CT molecular complexity index is 521. The van der Waals surface area contributed by atoms with Gasteiger partial charge in [0.1, 0.15) is 12.1 Å². The molecule has 0 atom stereocenters. The second kappa shape index (κ2) is 7.73. The zero-order chi connectivity index (χ0) is 16.1. The third kappa shape index (κ3) is 4.19.